The first-order valence-corrected chi connectivity index (χ1v) is 8.20. The average Bonchev–Trinajstić information content (AvgIpc) is 2.50. The SMILES string of the molecule is C[NH+](CC(=O)Nc1cccc(F)c1)CC(=O)Nc1cc(Cl)ccc1Cl. The van der Waals surface area contributed by atoms with Gasteiger partial charge < -0.3 is 15.5 Å². The van der Waals surface area contributed by atoms with Crippen LogP contribution in [0.4, 0.5) is 15.8 Å². The third-order valence-corrected chi connectivity index (χ3v) is 3.80. The van der Waals surface area contributed by atoms with Crippen LogP contribution in [0.15, 0.2) is 42.5 Å². The number of likely N-dealkylation sites (N-methyl/N-ethyl adjacent to an activating group) is 1. The smallest absolute Gasteiger partial charge is 0.279 e. The summed E-state index contributed by atoms with van der Waals surface area (Å²) in [5.74, 6) is -1.06. The minimum Gasteiger partial charge on any atom is -0.322 e. The fraction of sp³-hybridized carbons (Fsp3) is 0.176. The highest BCUT2D eigenvalue weighted by Gasteiger charge is 2.15. The fourth-order valence-electron chi connectivity index (χ4n) is 2.17. The van der Waals surface area contributed by atoms with Crippen molar-refractivity contribution in [2.75, 3.05) is 30.8 Å². The van der Waals surface area contributed by atoms with Crippen LogP contribution in [0.5, 0.6) is 0 Å². The Hall–Kier alpha value is -2.15. The number of carbonyl (C=O) groups excluding carboxylic acids is 2. The van der Waals surface area contributed by atoms with Gasteiger partial charge in [-0.1, -0.05) is 29.3 Å². The maximum absolute atomic E-state index is 13.1. The van der Waals surface area contributed by atoms with Gasteiger partial charge >= 0.3 is 0 Å². The van der Waals surface area contributed by atoms with Crippen LogP contribution in [0.25, 0.3) is 0 Å². The first kappa shape index (κ1) is 19.2. The molecule has 2 rings (SSSR count). The second-order valence-corrected chi connectivity index (χ2v) is 6.39. The van der Waals surface area contributed by atoms with Crippen molar-refractivity contribution in [2.45, 2.75) is 0 Å². The number of hydrogen-bond donors (Lipinski definition) is 3. The summed E-state index contributed by atoms with van der Waals surface area (Å²) in [4.78, 5) is 24.7. The summed E-state index contributed by atoms with van der Waals surface area (Å²) < 4.78 is 13.1. The van der Waals surface area contributed by atoms with E-state index in [1.54, 1.807) is 31.3 Å². The highest BCUT2D eigenvalue weighted by atomic mass is 35.5. The molecule has 0 aromatic heterocycles. The number of carbonyl (C=O) groups is 2. The van der Waals surface area contributed by atoms with Crippen LogP contribution >= 0.6 is 23.2 Å². The molecular formula is C17H17Cl2FN3O2+. The first-order chi connectivity index (χ1) is 11.8. The summed E-state index contributed by atoms with van der Waals surface area (Å²) >= 11 is 11.9. The molecule has 1 atom stereocenters. The van der Waals surface area contributed by atoms with Crippen molar-refractivity contribution < 1.29 is 18.9 Å². The zero-order valence-electron chi connectivity index (χ0n) is 13.4. The number of hydrogen-bond acceptors (Lipinski definition) is 2. The van der Waals surface area contributed by atoms with Gasteiger partial charge in [0.1, 0.15) is 5.82 Å². The molecule has 0 fully saturated rings. The molecule has 0 spiro atoms. The molecule has 0 radical (unpaired) electrons. The lowest BCUT2D eigenvalue weighted by Gasteiger charge is -2.14. The van der Waals surface area contributed by atoms with E-state index in [0.29, 0.717) is 26.3 Å². The summed E-state index contributed by atoms with van der Waals surface area (Å²) in [6, 6.07) is 10.4. The van der Waals surface area contributed by atoms with Crippen LogP contribution in [0, 0.1) is 5.82 Å². The van der Waals surface area contributed by atoms with E-state index in [-0.39, 0.29) is 24.9 Å². The zero-order chi connectivity index (χ0) is 18.4. The van der Waals surface area contributed by atoms with E-state index in [2.05, 4.69) is 10.6 Å². The molecule has 0 heterocycles. The number of anilines is 2. The molecule has 2 amide bonds. The molecule has 25 heavy (non-hydrogen) atoms. The number of nitrogens with one attached hydrogen (secondary N) is 3. The van der Waals surface area contributed by atoms with E-state index >= 15 is 0 Å². The van der Waals surface area contributed by atoms with Gasteiger partial charge in [0.25, 0.3) is 11.8 Å². The summed E-state index contributed by atoms with van der Waals surface area (Å²) in [6.07, 6.45) is 0. The normalized spacial score (nSPS) is 11.7. The molecule has 0 aliphatic carbocycles. The van der Waals surface area contributed by atoms with Gasteiger partial charge in [-0.15, -0.1) is 0 Å². The van der Waals surface area contributed by atoms with E-state index in [9.17, 15) is 14.0 Å². The molecule has 8 heteroatoms. The molecule has 0 bridgehead atoms. The Morgan fingerprint density at radius 2 is 1.72 bits per heavy atom. The van der Waals surface area contributed by atoms with Gasteiger partial charge in [0.05, 0.1) is 17.8 Å². The predicted molar refractivity (Wildman–Crippen MR) is 96.7 cm³/mol. The minimum absolute atomic E-state index is 0.0488. The van der Waals surface area contributed by atoms with Crippen molar-refractivity contribution >= 4 is 46.4 Å². The summed E-state index contributed by atoms with van der Waals surface area (Å²) in [5.41, 5.74) is 0.782. The van der Waals surface area contributed by atoms with E-state index < -0.39 is 5.82 Å². The van der Waals surface area contributed by atoms with Crippen LogP contribution in [0.1, 0.15) is 0 Å². The van der Waals surface area contributed by atoms with Crippen molar-refractivity contribution in [3.63, 3.8) is 0 Å². The Kier molecular flexibility index (Phi) is 6.75. The fourth-order valence-corrected chi connectivity index (χ4v) is 2.51. The van der Waals surface area contributed by atoms with Crippen molar-refractivity contribution in [3.8, 4) is 0 Å². The first-order valence-electron chi connectivity index (χ1n) is 7.45. The van der Waals surface area contributed by atoms with E-state index in [1.807, 2.05) is 0 Å². The summed E-state index contributed by atoms with van der Waals surface area (Å²) in [6.45, 7) is 0.104. The lowest BCUT2D eigenvalue weighted by atomic mass is 10.3. The molecule has 132 valence electrons. The second kappa shape index (κ2) is 8.80. The number of halogens is 3. The van der Waals surface area contributed by atoms with Gasteiger partial charge in [-0.3, -0.25) is 9.59 Å². The second-order valence-electron chi connectivity index (χ2n) is 5.54. The Bertz CT molecular complexity index is 786. The standard InChI is InChI=1S/C17H16Cl2FN3O2/c1-23(9-16(24)21-13-4-2-3-12(20)8-13)10-17(25)22-15-7-11(18)5-6-14(15)19/h2-8H,9-10H2,1H3,(H,21,24)(H,22,25)/p+1. The summed E-state index contributed by atoms with van der Waals surface area (Å²) in [7, 11) is 1.70. The van der Waals surface area contributed by atoms with E-state index in [1.165, 1.54) is 18.2 Å². The van der Waals surface area contributed by atoms with Crippen LogP contribution in [0.2, 0.25) is 10.0 Å². The summed E-state index contributed by atoms with van der Waals surface area (Å²) in [5, 5.41) is 6.07. The molecule has 5 nitrogen and oxygen atoms in total. The highest BCUT2D eigenvalue weighted by molar-refractivity contribution is 6.35. The highest BCUT2D eigenvalue weighted by Crippen LogP contribution is 2.25. The molecule has 0 saturated carbocycles. The Morgan fingerprint density at radius 3 is 2.40 bits per heavy atom. The van der Waals surface area contributed by atoms with E-state index in [0.717, 1.165) is 0 Å². The predicted octanol–water partition coefficient (Wildman–Crippen LogP) is 2.22. The van der Waals surface area contributed by atoms with Crippen molar-refractivity contribution in [3.05, 3.63) is 58.3 Å². The van der Waals surface area contributed by atoms with Crippen molar-refractivity contribution in [2.24, 2.45) is 0 Å². The molecule has 0 saturated heterocycles. The molecule has 1 unspecified atom stereocenters. The Balaban J connectivity index is 1.84. The van der Waals surface area contributed by atoms with Gasteiger partial charge in [0.15, 0.2) is 13.1 Å². The number of quaternary nitrogens is 1. The molecule has 0 aliphatic heterocycles. The molecule has 3 N–H and O–H groups in total. The Morgan fingerprint density at radius 1 is 1.04 bits per heavy atom. The van der Waals surface area contributed by atoms with Crippen molar-refractivity contribution in [1.82, 2.24) is 0 Å². The maximum Gasteiger partial charge on any atom is 0.279 e. The van der Waals surface area contributed by atoms with Gasteiger partial charge in [-0.2, -0.15) is 0 Å². The lowest BCUT2D eigenvalue weighted by molar-refractivity contribution is -0.862. The van der Waals surface area contributed by atoms with Gasteiger partial charge in [-0.25, -0.2) is 4.39 Å². The molecular weight excluding hydrogens is 368 g/mol. The zero-order valence-corrected chi connectivity index (χ0v) is 14.9. The van der Waals surface area contributed by atoms with Gasteiger partial charge in [0.2, 0.25) is 0 Å². The quantitative estimate of drug-likeness (QED) is 0.714. The van der Waals surface area contributed by atoms with Crippen LogP contribution in [-0.2, 0) is 9.59 Å². The molecule has 2 aromatic rings. The molecule has 2 aromatic carbocycles. The lowest BCUT2D eigenvalue weighted by Crippen LogP contribution is -3.11. The maximum atomic E-state index is 13.1. The van der Waals surface area contributed by atoms with Crippen molar-refractivity contribution in [1.29, 1.82) is 0 Å². The van der Waals surface area contributed by atoms with Crippen LogP contribution in [-0.4, -0.2) is 32.0 Å². The Labute approximate surface area is 154 Å². The van der Waals surface area contributed by atoms with Crippen LogP contribution in [0.3, 0.4) is 0 Å². The van der Waals surface area contributed by atoms with Crippen LogP contribution < -0.4 is 15.5 Å². The average molecular weight is 385 g/mol. The number of rotatable bonds is 6. The largest absolute Gasteiger partial charge is 0.322 e. The number of amides is 2. The van der Waals surface area contributed by atoms with E-state index in [4.69, 9.17) is 23.2 Å². The number of benzene rings is 2. The monoisotopic (exact) mass is 384 g/mol. The molecule has 0 aliphatic rings. The third kappa shape index (κ3) is 6.34. The van der Waals surface area contributed by atoms with Gasteiger partial charge in [0, 0.05) is 10.7 Å². The minimum atomic E-state index is -0.434. The topological polar surface area (TPSA) is 62.6 Å². The van der Waals surface area contributed by atoms with Gasteiger partial charge in [-0.05, 0) is 36.4 Å². The third-order valence-electron chi connectivity index (χ3n) is 3.24.